The Hall–Kier alpha value is -4.97. The Morgan fingerprint density at radius 1 is 0.977 bits per heavy atom. The first-order chi connectivity index (χ1) is 21.2. The predicted octanol–water partition coefficient (Wildman–Crippen LogP) is 6.28. The average Bonchev–Trinajstić information content (AvgIpc) is 3.40. The number of piperazine rings is 1. The van der Waals surface area contributed by atoms with E-state index in [9.17, 15) is 18.0 Å². The van der Waals surface area contributed by atoms with E-state index in [4.69, 9.17) is 4.98 Å². The summed E-state index contributed by atoms with van der Waals surface area (Å²) in [5.41, 5.74) is 3.02. The van der Waals surface area contributed by atoms with E-state index in [1.807, 2.05) is 46.7 Å². The Morgan fingerprint density at radius 2 is 1.77 bits per heavy atom. The minimum Gasteiger partial charge on any atom is -0.369 e. The molecule has 0 radical (unpaired) electrons. The molecule has 1 fully saturated rings. The van der Waals surface area contributed by atoms with Crippen molar-refractivity contribution in [2.75, 3.05) is 48.3 Å². The Morgan fingerprint density at radius 3 is 2.50 bits per heavy atom. The molecule has 0 spiro atoms. The van der Waals surface area contributed by atoms with E-state index in [0.29, 0.717) is 41.9 Å². The van der Waals surface area contributed by atoms with Gasteiger partial charge < -0.3 is 20.4 Å². The number of aryl methyl sites for hydroxylation is 1. The number of anilines is 4. The molecule has 226 valence electrons. The fraction of sp³-hybridized carbons (Fsp3) is 0.250. The van der Waals surface area contributed by atoms with Gasteiger partial charge in [0, 0.05) is 55.0 Å². The van der Waals surface area contributed by atoms with Crippen LogP contribution in [0.4, 0.5) is 36.2 Å². The molecule has 5 aromatic rings. The van der Waals surface area contributed by atoms with Gasteiger partial charge in [0.15, 0.2) is 0 Å². The minimum absolute atomic E-state index is 0.0617. The van der Waals surface area contributed by atoms with Crippen LogP contribution >= 0.6 is 0 Å². The Balaban J connectivity index is 1.29. The second-order valence-corrected chi connectivity index (χ2v) is 10.6. The second kappa shape index (κ2) is 12.0. The highest BCUT2D eigenvalue weighted by atomic mass is 19.4. The average molecular weight is 601 g/mol. The standard InChI is InChI=1S/C32H31F3N8O/c1-3-41-12-14-42(15-13-41)25-17-22(16-23(18-25)32(33,34)35)30(44)38-24-9-8-21(2)27(19-24)40-31-39-26-6-4-5-7-28(26)43(31)29-10-11-36-20-37-29/h4-11,16-20H,3,12-15H2,1-2H3,(H,38,44)(H,39,40). The number of nitrogens with one attached hydrogen (secondary N) is 2. The maximum atomic E-state index is 13.9. The van der Waals surface area contributed by atoms with Crippen LogP contribution in [0.15, 0.2) is 79.3 Å². The van der Waals surface area contributed by atoms with Crippen LogP contribution in [0.2, 0.25) is 0 Å². The Labute approximate surface area is 252 Å². The zero-order valence-electron chi connectivity index (χ0n) is 24.3. The fourth-order valence-electron chi connectivity index (χ4n) is 5.33. The van der Waals surface area contributed by atoms with Gasteiger partial charge in [-0.15, -0.1) is 0 Å². The number of likely N-dealkylation sites (N-methyl/N-ethyl adjacent to an activating group) is 1. The molecule has 1 saturated heterocycles. The maximum Gasteiger partial charge on any atom is 0.416 e. The highest BCUT2D eigenvalue weighted by Gasteiger charge is 2.33. The van der Waals surface area contributed by atoms with E-state index in [1.165, 1.54) is 12.4 Å². The first kappa shape index (κ1) is 29.1. The van der Waals surface area contributed by atoms with Crippen molar-refractivity contribution in [2.24, 2.45) is 0 Å². The quantitative estimate of drug-likeness (QED) is 0.227. The number of rotatable bonds is 7. The second-order valence-electron chi connectivity index (χ2n) is 10.6. The molecule has 1 amide bonds. The summed E-state index contributed by atoms with van der Waals surface area (Å²) < 4.78 is 43.5. The van der Waals surface area contributed by atoms with Gasteiger partial charge >= 0.3 is 6.18 Å². The molecular formula is C32H31F3N8O. The molecule has 1 aliphatic rings. The molecule has 1 aliphatic heterocycles. The summed E-state index contributed by atoms with van der Waals surface area (Å²) in [5, 5.41) is 6.14. The lowest BCUT2D eigenvalue weighted by atomic mass is 10.1. The van der Waals surface area contributed by atoms with Crippen molar-refractivity contribution in [1.82, 2.24) is 24.4 Å². The SMILES string of the molecule is CCN1CCN(c2cc(C(=O)Nc3ccc(C)c(Nc4nc5ccccc5n4-c4ccncn4)c3)cc(C(F)(F)F)c2)CC1. The molecule has 0 bridgehead atoms. The maximum absolute atomic E-state index is 13.9. The largest absolute Gasteiger partial charge is 0.416 e. The number of hydrogen-bond acceptors (Lipinski definition) is 7. The molecule has 2 aromatic heterocycles. The lowest BCUT2D eigenvalue weighted by molar-refractivity contribution is -0.137. The third-order valence-corrected chi connectivity index (χ3v) is 7.79. The minimum atomic E-state index is -4.59. The molecular weight excluding hydrogens is 569 g/mol. The predicted molar refractivity (Wildman–Crippen MR) is 165 cm³/mol. The molecule has 3 heterocycles. The van der Waals surface area contributed by atoms with Crippen molar-refractivity contribution < 1.29 is 18.0 Å². The van der Waals surface area contributed by atoms with Crippen molar-refractivity contribution in [3.8, 4) is 5.82 Å². The van der Waals surface area contributed by atoms with Gasteiger partial charge in [0.1, 0.15) is 12.1 Å². The van der Waals surface area contributed by atoms with Gasteiger partial charge in [-0.05, 0) is 67.6 Å². The normalized spacial score (nSPS) is 14.2. The van der Waals surface area contributed by atoms with Crippen LogP contribution in [-0.4, -0.2) is 63.0 Å². The van der Waals surface area contributed by atoms with Gasteiger partial charge in [-0.1, -0.05) is 25.1 Å². The Bertz CT molecular complexity index is 1800. The van der Waals surface area contributed by atoms with Gasteiger partial charge in [-0.25, -0.2) is 15.0 Å². The highest BCUT2D eigenvalue weighted by Crippen LogP contribution is 2.34. The molecule has 0 aliphatic carbocycles. The molecule has 44 heavy (non-hydrogen) atoms. The van der Waals surface area contributed by atoms with Crippen LogP contribution in [0.25, 0.3) is 16.9 Å². The lowest BCUT2D eigenvalue weighted by Gasteiger charge is -2.36. The smallest absolute Gasteiger partial charge is 0.369 e. The van der Waals surface area contributed by atoms with Crippen LogP contribution in [0.5, 0.6) is 0 Å². The van der Waals surface area contributed by atoms with E-state index >= 15 is 0 Å². The number of imidazole rings is 1. The van der Waals surface area contributed by atoms with E-state index in [1.54, 1.807) is 24.4 Å². The molecule has 9 nitrogen and oxygen atoms in total. The van der Waals surface area contributed by atoms with Crippen LogP contribution in [0.3, 0.4) is 0 Å². The van der Waals surface area contributed by atoms with Crippen LogP contribution in [0.1, 0.15) is 28.4 Å². The number of benzene rings is 3. The zero-order chi connectivity index (χ0) is 30.8. The summed E-state index contributed by atoms with van der Waals surface area (Å²) in [6.45, 7) is 7.52. The van der Waals surface area contributed by atoms with E-state index < -0.39 is 17.6 Å². The van der Waals surface area contributed by atoms with Crippen LogP contribution in [-0.2, 0) is 6.18 Å². The lowest BCUT2D eigenvalue weighted by Crippen LogP contribution is -2.46. The van der Waals surface area contributed by atoms with Crippen molar-refractivity contribution >= 4 is 40.0 Å². The Kier molecular flexibility index (Phi) is 7.92. The molecule has 0 unspecified atom stereocenters. The van der Waals surface area contributed by atoms with Crippen LogP contribution in [0, 0.1) is 6.92 Å². The van der Waals surface area contributed by atoms with Crippen molar-refractivity contribution in [3.05, 3.63) is 95.9 Å². The fourth-order valence-corrected chi connectivity index (χ4v) is 5.33. The summed E-state index contributed by atoms with van der Waals surface area (Å²) in [6, 6.07) is 18.2. The molecule has 0 saturated carbocycles. The van der Waals surface area contributed by atoms with Gasteiger partial charge in [0.25, 0.3) is 5.91 Å². The first-order valence-corrected chi connectivity index (χ1v) is 14.3. The van der Waals surface area contributed by atoms with E-state index in [2.05, 4.69) is 32.4 Å². The number of carbonyl (C=O) groups excluding carboxylic acids is 1. The summed E-state index contributed by atoms with van der Waals surface area (Å²) in [7, 11) is 0. The number of fused-ring (bicyclic) bond motifs is 1. The van der Waals surface area contributed by atoms with Crippen molar-refractivity contribution in [2.45, 2.75) is 20.0 Å². The molecule has 12 heteroatoms. The van der Waals surface area contributed by atoms with E-state index in [-0.39, 0.29) is 5.56 Å². The number of amides is 1. The summed E-state index contributed by atoms with van der Waals surface area (Å²) in [5.74, 6) is 0.490. The van der Waals surface area contributed by atoms with Gasteiger partial charge in [-0.2, -0.15) is 13.2 Å². The molecule has 0 atom stereocenters. The highest BCUT2D eigenvalue weighted by molar-refractivity contribution is 6.05. The third kappa shape index (κ3) is 6.06. The van der Waals surface area contributed by atoms with Gasteiger partial charge in [-0.3, -0.25) is 9.36 Å². The number of hydrogen-bond donors (Lipinski definition) is 2. The number of alkyl halides is 3. The summed E-state index contributed by atoms with van der Waals surface area (Å²) in [6.07, 6.45) is -1.49. The van der Waals surface area contributed by atoms with Crippen molar-refractivity contribution in [1.29, 1.82) is 0 Å². The zero-order valence-corrected chi connectivity index (χ0v) is 24.3. The molecule has 2 N–H and O–H groups in total. The first-order valence-electron chi connectivity index (χ1n) is 14.3. The molecule has 3 aromatic carbocycles. The van der Waals surface area contributed by atoms with Gasteiger partial charge in [0.2, 0.25) is 5.95 Å². The summed E-state index contributed by atoms with van der Waals surface area (Å²) >= 11 is 0. The number of nitrogens with zero attached hydrogens (tertiary/aromatic N) is 6. The van der Waals surface area contributed by atoms with Crippen LogP contribution < -0.4 is 15.5 Å². The number of halogens is 3. The topological polar surface area (TPSA) is 91.2 Å². The molecule has 6 rings (SSSR count). The van der Waals surface area contributed by atoms with Crippen molar-refractivity contribution in [3.63, 3.8) is 0 Å². The monoisotopic (exact) mass is 600 g/mol. The van der Waals surface area contributed by atoms with E-state index in [0.717, 1.165) is 48.4 Å². The number of aromatic nitrogens is 4. The third-order valence-electron chi connectivity index (χ3n) is 7.79. The van der Waals surface area contributed by atoms with Gasteiger partial charge in [0.05, 0.1) is 16.6 Å². The number of para-hydroxylation sites is 2. The number of carbonyl (C=O) groups is 1. The summed E-state index contributed by atoms with van der Waals surface area (Å²) in [4.78, 5) is 30.7.